The van der Waals surface area contributed by atoms with Crippen LogP contribution in [0.3, 0.4) is 0 Å². The summed E-state index contributed by atoms with van der Waals surface area (Å²) in [6.07, 6.45) is 3.16. The molecule has 5 heteroatoms. The van der Waals surface area contributed by atoms with E-state index in [1.54, 1.807) is 17.8 Å². The van der Waals surface area contributed by atoms with Gasteiger partial charge in [0.05, 0.1) is 0 Å². The Kier molecular flexibility index (Phi) is 1.91. The molecule has 1 aromatic rings. The van der Waals surface area contributed by atoms with Crippen molar-refractivity contribution in [1.29, 1.82) is 0 Å². The van der Waals surface area contributed by atoms with Crippen molar-refractivity contribution < 1.29 is 9.90 Å². The summed E-state index contributed by atoms with van der Waals surface area (Å²) < 4.78 is 1.58. The van der Waals surface area contributed by atoms with Crippen LogP contribution in [0.1, 0.15) is 11.9 Å². The van der Waals surface area contributed by atoms with Gasteiger partial charge in [-0.3, -0.25) is 4.79 Å². The molecule has 1 atom stereocenters. The minimum Gasteiger partial charge on any atom is -0.480 e. The Morgan fingerprint density at radius 1 is 1.91 bits per heavy atom. The van der Waals surface area contributed by atoms with Crippen molar-refractivity contribution in [2.24, 2.45) is 12.8 Å². The largest absolute Gasteiger partial charge is 0.480 e. The fourth-order valence-electron chi connectivity index (χ4n) is 0.787. The summed E-state index contributed by atoms with van der Waals surface area (Å²) in [5.41, 5.74) is 5.30. The molecule has 0 aliphatic heterocycles. The van der Waals surface area contributed by atoms with Crippen LogP contribution >= 0.6 is 0 Å². The number of nitrogens with zero attached hydrogens (tertiary/aromatic N) is 2. The molecule has 1 rings (SSSR count). The van der Waals surface area contributed by atoms with Crippen molar-refractivity contribution in [3.63, 3.8) is 0 Å². The van der Waals surface area contributed by atoms with Crippen molar-refractivity contribution in [2.45, 2.75) is 6.04 Å². The molecule has 60 valence electrons. The zero-order valence-electron chi connectivity index (χ0n) is 6.06. The minimum absolute atomic E-state index is 0.359. The monoisotopic (exact) mass is 155 g/mol. The maximum atomic E-state index is 10.4. The number of aromatic nitrogens is 2. The normalized spacial score (nSPS) is 12.9. The third-order valence-corrected chi connectivity index (χ3v) is 1.40. The van der Waals surface area contributed by atoms with Gasteiger partial charge in [0.1, 0.15) is 5.82 Å². The molecule has 0 saturated carbocycles. The smallest absolute Gasteiger partial charge is 0.328 e. The molecule has 11 heavy (non-hydrogen) atoms. The van der Waals surface area contributed by atoms with Crippen LogP contribution in [-0.4, -0.2) is 20.6 Å². The molecular weight excluding hydrogens is 146 g/mol. The molecule has 0 aliphatic carbocycles. The summed E-state index contributed by atoms with van der Waals surface area (Å²) in [5, 5.41) is 8.50. The number of hydrogen-bond acceptors (Lipinski definition) is 3. The number of nitrogens with two attached hydrogens (primary N) is 1. The maximum absolute atomic E-state index is 10.4. The molecule has 0 aromatic carbocycles. The summed E-state index contributed by atoms with van der Waals surface area (Å²) in [6.45, 7) is 0. The first-order valence-corrected chi connectivity index (χ1v) is 3.08. The van der Waals surface area contributed by atoms with Crippen molar-refractivity contribution in [1.82, 2.24) is 9.55 Å². The van der Waals surface area contributed by atoms with Crippen molar-refractivity contribution in [3.8, 4) is 0 Å². The van der Waals surface area contributed by atoms with Crippen LogP contribution in [0.4, 0.5) is 0 Å². The molecule has 5 nitrogen and oxygen atoms in total. The second-order valence-corrected chi connectivity index (χ2v) is 2.21. The van der Waals surface area contributed by atoms with Gasteiger partial charge in [-0.05, 0) is 0 Å². The van der Waals surface area contributed by atoms with Crippen LogP contribution < -0.4 is 5.73 Å². The minimum atomic E-state index is -1.07. The van der Waals surface area contributed by atoms with Crippen molar-refractivity contribution in [3.05, 3.63) is 18.2 Å². The molecule has 0 saturated heterocycles. The zero-order valence-corrected chi connectivity index (χ0v) is 6.06. The molecule has 0 fully saturated rings. The van der Waals surface area contributed by atoms with Gasteiger partial charge in [0.2, 0.25) is 0 Å². The Bertz CT molecular complexity index is 269. The second-order valence-electron chi connectivity index (χ2n) is 2.21. The van der Waals surface area contributed by atoms with E-state index in [1.165, 1.54) is 6.20 Å². The van der Waals surface area contributed by atoms with E-state index in [4.69, 9.17) is 10.8 Å². The molecule has 0 bridgehead atoms. The van der Waals surface area contributed by atoms with Crippen molar-refractivity contribution in [2.75, 3.05) is 0 Å². The highest BCUT2D eigenvalue weighted by atomic mass is 16.4. The van der Waals surface area contributed by atoms with Gasteiger partial charge < -0.3 is 15.4 Å². The lowest BCUT2D eigenvalue weighted by molar-refractivity contribution is -0.138. The number of rotatable bonds is 2. The lowest BCUT2D eigenvalue weighted by atomic mass is 10.3. The molecule has 0 radical (unpaired) electrons. The fraction of sp³-hybridized carbons (Fsp3) is 0.333. The Labute approximate surface area is 63.5 Å². The summed E-state index contributed by atoms with van der Waals surface area (Å²) in [5.74, 6) is -0.711. The van der Waals surface area contributed by atoms with Crippen LogP contribution in [0.25, 0.3) is 0 Å². The van der Waals surface area contributed by atoms with Gasteiger partial charge in [-0.15, -0.1) is 0 Å². The molecule has 3 N–H and O–H groups in total. The van der Waals surface area contributed by atoms with E-state index in [2.05, 4.69) is 4.98 Å². The lowest BCUT2D eigenvalue weighted by Gasteiger charge is -2.04. The van der Waals surface area contributed by atoms with Crippen LogP contribution in [0.5, 0.6) is 0 Å². The van der Waals surface area contributed by atoms with Gasteiger partial charge in [-0.25, -0.2) is 4.98 Å². The second kappa shape index (κ2) is 2.71. The van der Waals surface area contributed by atoms with Crippen molar-refractivity contribution >= 4 is 5.97 Å². The highest BCUT2D eigenvalue weighted by Crippen LogP contribution is 2.05. The number of hydrogen-bond donors (Lipinski definition) is 2. The summed E-state index contributed by atoms with van der Waals surface area (Å²) in [7, 11) is 1.70. The molecule has 1 heterocycles. The zero-order chi connectivity index (χ0) is 8.43. The van der Waals surface area contributed by atoms with Gasteiger partial charge in [-0.1, -0.05) is 0 Å². The first-order chi connectivity index (χ1) is 5.13. The summed E-state index contributed by atoms with van der Waals surface area (Å²) in [4.78, 5) is 14.2. The van der Waals surface area contributed by atoms with Gasteiger partial charge in [-0.2, -0.15) is 0 Å². The van der Waals surface area contributed by atoms with Gasteiger partial charge in [0.15, 0.2) is 6.04 Å². The summed E-state index contributed by atoms with van der Waals surface area (Å²) in [6, 6.07) is -1.03. The highest BCUT2D eigenvalue weighted by molar-refractivity contribution is 5.73. The van der Waals surface area contributed by atoms with E-state index in [1.807, 2.05) is 0 Å². The summed E-state index contributed by atoms with van der Waals surface area (Å²) >= 11 is 0. The Balaban J connectivity index is 2.92. The Hall–Kier alpha value is -1.36. The molecule has 1 unspecified atom stereocenters. The van der Waals surface area contributed by atoms with Crippen LogP contribution in [-0.2, 0) is 11.8 Å². The molecule has 0 amide bonds. The van der Waals surface area contributed by atoms with E-state index in [9.17, 15) is 4.79 Å². The standard InChI is InChI=1S/C6H9N3O2/c1-9-3-2-8-5(9)4(7)6(10)11/h2-4H,7H2,1H3,(H,10,11). The molecule has 0 spiro atoms. The number of carboxylic acids is 1. The lowest BCUT2D eigenvalue weighted by Crippen LogP contribution is -2.23. The first kappa shape index (κ1) is 7.74. The number of aryl methyl sites for hydroxylation is 1. The number of carbonyl (C=O) groups is 1. The molecular formula is C6H9N3O2. The van der Waals surface area contributed by atoms with E-state index in [-0.39, 0.29) is 0 Å². The molecule has 0 aliphatic rings. The maximum Gasteiger partial charge on any atom is 0.328 e. The predicted octanol–water partition coefficient (Wildman–Crippen LogP) is -0.496. The van der Waals surface area contributed by atoms with Gasteiger partial charge in [0.25, 0.3) is 0 Å². The van der Waals surface area contributed by atoms with Crippen LogP contribution in [0.15, 0.2) is 12.4 Å². The average Bonchev–Trinajstić information content (AvgIpc) is 2.33. The fourth-order valence-corrected chi connectivity index (χ4v) is 0.787. The Morgan fingerprint density at radius 3 is 2.91 bits per heavy atom. The van der Waals surface area contributed by atoms with Crippen LogP contribution in [0.2, 0.25) is 0 Å². The van der Waals surface area contributed by atoms with E-state index in [0.29, 0.717) is 5.82 Å². The SMILES string of the molecule is Cn1ccnc1C(N)C(=O)O. The number of aliphatic carboxylic acids is 1. The van der Waals surface area contributed by atoms with E-state index < -0.39 is 12.0 Å². The average molecular weight is 155 g/mol. The third kappa shape index (κ3) is 1.38. The number of carboxylic acid groups (broad SMARTS) is 1. The Morgan fingerprint density at radius 2 is 2.55 bits per heavy atom. The van der Waals surface area contributed by atoms with Crippen LogP contribution in [0, 0.1) is 0 Å². The topological polar surface area (TPSA) is 81.1 Å². The van der Waals surface area contributed by atoms with Gasteiger partial charge >= 0.3 is 5.97 Å². The van der Waals surface area contributed by atoms with E-state index >= 15 is 0 Å². The van der Waals surface area contributed by atoms with Gasteiger partial charge in [0, 0.05) is 19.4 Å². The number of imidazole rings is 1. The third-order valence-electron chi connectivity index (χ3n) is 1.40. The molecule has 1 aromatic heterocycles. The highest BCUT2D eigenvalue weighted by Gasteiger charge is 2.17. The van der Waals surface area contributed by atoms with E-state index in [0.717, 1.165) is 0 Å². The predicted molar refractivity (Wildman–Crippen MR) is 37.8 cm³/mol. The first-order valence-electron chi connectivity index (χ1n) is 3.08. The quantitative estimate of drug-likeness (QED) is 0.603.